The standard InChI is InChI=1S/C30H22ClNO6S/c1-19-12-14-22(15-13-19)39(35,36)32-29(21-10-6-3-7-11-21)30(34)38-27-18-26-24(16-25(27)31)23(17-28(33)37-26)20-8-4-2-5-9-20/h2-18,29,32H,1H3/t29-/m0/s1. The summed E-state index contributed by atoms with van der Waals surface area (Å²) in [5.74, 6) is -1.00. The molecule has 0 bridgehead atoms. The molecule has 0 aliphatic heterocycles. The third-order valence-corrected chi connectivity index (χ3v) is 7.80. The second kappa shape index (κ2) is 10.9. The summed E-state index contributed by atoms with van der Waals surface area (Å²) in [5.41, 5.74) is 2.22. The SMILES string of the molecule is Cc1ccc(S(=O)(=O)N[C@H](C(=O)Oc2cc3oc(=O)cc(-c4ccccc4)c3cc2Cl)c2ccccc2)cc1. The molecule has 4 aromatic carbocycles. The number of ether oxygens (including phenoxy) is 1. The molecule has 1 N–H and O–H groups in total. The minimum absolute atomic E-state index is 0.000727. The number of hydrogen-bond donors (Lipinski definition) is 1. The molecule has 0 aliphatic rings. The maximum Gasteiger partial charge on any atom is 0.336 e. The number of sulfonamides is 1. The molecule has 1 atom stereocenters. The Morgan fingerprint density at radius 1 is 0.897 bits per heavy atom. The number of halogens is 1. The highest BCUT2D eigenvalue weighted by atomic mass is 35.5. The fraction of sp³-hybridized carbons (Fsp3) is 0.0667. The van der Waals surface area contributed by atoms with Crippen LogP contribution in [0.2, 0.25) is 5.02 Å². The van der Waals surface area contributed by atoms with Crippen molar-refractivity contribution in [2.75, 3.05) is 0 Å². The van der Waals surface area contributed by atoms with Crippen LogP contribution in [0.1, 0.15) is 17.2 Å². The zero-order chi connectivity index (χ0) is 27.6. The van der Waals surface area contributed by atoms with E-state index in [4.69, 9.17) is 20.8 Å². The molecule has 9 heteroatoms. The molecule has 196 valence electrons. The minimum Gasteiger partial charge on any atom is -0.423 e. The number of nitrogens with one attached hydrogen (secondary N) is 1. The van der Waals surface area contributed by atoms with Crippen molar-refractivity contribution in [1.82, 2.24) is 4.72 Å². The summed E-state index contributed by atoms with van der Waals surface area (Å²) in [7, 11) is -4.09. The van der Waals surface area contributed by atoms with E-state index in [2.05, 4.69) is 4.72 Å². The number of hydrogen-bond acceptors (Lipinski definition) is 6. The first-order valence-corrected chi connectivity index (χ1v) is 13.8. The van der Waals surface area contributed by atoms with Gasteiger partial charge in [-0.2, -0.15) is 4.72 Å². The van der Waals surface area contributed by atoms with Crippen LogP contribution < -0.4 is 15.1 Å². The number of carbonyl (C=O) groups is 1. The largest absolute Gasteiger partial charge is 0.423 e. The molecule has 0 saturated heterocycles. The number of rotatable bonds is 7. The minimum atomic E-state index is -4.09. The van der Waals surface area contributed by atoms with E-state index in [-0.39, 0.29) is 21.3 Å². The second-order valence-corrected chi connectivity index (χ2v) is 10.9. The highest BCUT2D eigenvalue weighted by Gasteiger charge is 2.29. The van der Waals surface area contributed by atoms with Gasteiger partial charge in [-0.25, -0.2) is 18.0 Å². The van der Waals surface area contributed by atoms with Gasteiger partial charge in [-0.05, 0) is 41.8 Å². The lowest BCUT2D eigenvalue weighted by molar-refractivity contribution is -0.136. The lowest BCUT2D eigenvalue weighted by Crippen LogP contribution is -2.36. The Hall–Kier alpha value is -4.24. The van der Waals surface area contributed by atoms with Crippen molar-refractivity contribution in [3.8, 4) is 16.9 Å². The number of esters is 1. The quantitative estimate of drug-likeness (QED) is 0.148. The zero-order valence-electron chi connectivity index (χ0n) is 20.6. The number of aryl methyl sites for hydroxylation is 1. The molecule has 1 heterocycles. The first-order chi connectivity index (χ1) is 18.7. The maximum atomic E-state index is 13.4. The molecule has 5 aromatic rings. The topological polar surface area (TPSA) is 103 Å². The van der Waals surface area contributed by atoms with E-state index in [1.165, 1.54) is 24.3 Å². The summed E-state index contributed by atoms with van der Waals surface area (Å²) in [6.07, 6.45) is 0. The molecule has 0 amide bonds. The summed E-state index contributed by atoms with van der Waals surface area (Å²) in [5, 5.41) is 0.625. The molecule has 5 rings (SSSR count). The van der Waals surface area contributed by atoms with Crippen molar-refractivity contribution >= 4 is 38.6 Å². The van der Waals surface area contributed by atoms with Crippen molar-refractivity contribution < 1.29 is 22.4 Å². The first kappa shape index (κ1) is 26.4. The van der Waals surface area contributed by atoms with Gasteiger partial charge < -0.3 is 9.15 Å². The molecule has 0 radical (unpaired) electrons. The van der Waals surface area contributed by atoms with E-state index in [0.29, 0.717) is 16.5 Å². The van der Waals surface area contributed by atoms with Crippen LogP contribution in [0, 0.1) is 6.92 Å². The fourth-order valence-electron chi connectivity index (χ4n) is 4.10. The average Bonchev–Trinajstić information content (AvgIpc) is 2.93. The number of benzene rings is 4. The van der Waals surface area contributed by atoms with Gasteiger partial charge in [0.25, 0.3) is 0 Å². The Balaban J connectivity index is 1.51. The average molecular weight is 560 g/mol. The smallest absolute Gasteiger partial charge is 0.336 e. The van der Waals surface area contributed by atoms with E-state index in [1.807, 2.05) is 37.3 Å². The van der Waals surface area contributed by atoms with Crippen molar-refractivity contribution in [2.24, 2.45) is 0 Å². The van der Waals surface area contributed by atoms with E-state index < -0.39 is 27.7 Å². The zero-order valence-corrected chi connectivity index (χ0v) is 22.2. The molecule has 39 heavy (non-hydrogen) atoms. The van der Waals surface area contributed by atoms with Crippen LogP contribution in [0.4, 0.5) is 0 Å². The van der Waals surface area contributed by atoms with Gasteiger partial charge in [0.15, 0.2) is 5.75 Å². The van der Waals surface area contributed by atoms with E-state index >= 15 is 0 Å². The number of carbonyl (C=O) groups excluding carboxylic acids is 1. The summed E-state index contributed by atoms with van der Waals surface area (Å²) < 4.78 is 39.7. The van der Waals surface area contributed by atoms with Gasteiger partial charge in [-0.3, -0.25) is 0 Å². The van der Waals surface area contributed by atoms with Crippen LogP contribution in [0.15, 0.2) is 117 Å². The van der Waals surface area contributed by atoms with Crippen LogP contribution >= 0.6 is 11.6 Å². The molecule has 0 fully saturated rings. The maximum absolute atomic E-state index is 13.4. The Labute approximate surface area is 229 Å². The monoisotopic (exact) mass is 559 g/mol. The summed E-state index contributed by atoms with van der Waals surface area (Å²) in [6.45, 7) is 1.84. The van der Waals surface area contributed by atoms with E-state index in [0.717, 1.165) is 11.1 Å². The molecule has 0 saturated carbocycles. The van der Waals surface area contributed by atoms with Crippen LogP contribution in [0.3, 0.4) is 0 Å². The van der Waals surface area contributed by atoms with Crippen molar-refractivity contribution in [1.29, 1.82) is 0 Å². The van der Waals surface area contributed by atoms with Gasteiger partial charge in [0.1, 0.15) is 11.6 Å². The van der Waals surface area contributed by atoms with Gasteiger partial charge >= 0.3 is 11.6 Å². The Morgan fingerprint density at radius 2 is 1.54 bits per heavy atom. The van der Waals surface area contributed by atoms with Gasteiger partial charge in [0.2, 0.25) is 10.0 Å². The van der Waals surface area contributed by atoms with Gasteiger partial charge in [-0.15, -0.1) is 0 Å². The van der Waals surface area contributed by atoms with Gasteiger partial charge in [-0.1, -0.05) is 90.0 Å². The van der Waals surface area contributed by atoms with Crippen molar-refractivity contribution in [3.63, 3.8) is 0 Å². The molecule has 1 aromatic heterocycles. The Morgan fingerprint density at radius 3 is 2.21 bits per heavy atom. The summed E-state index contributed by atoms with van der Waals surface area (Å²) >= 11 is 6.51. The Bertz CT molecular complexity index is 1820. The van der Waals surface area contributed by atoms with Crippen molar-refractivity contribution in [2.45, 2.75) is 17.9 Å². The summed E-state index contributed by atoms with van der Waals surface area (Å²) in [4.78, 5) is 25.7. The highest BCUT2D eigenvalue weighted by Crippen LogP contribution is 2.35. The van der Waals surface area contributed by atoms with Crippen LogP contribution in [-0.4, -0.2) is 14.4 Å². The molecular formula is C30H22ClNO6S. The lowest BCUT2D eigenvalue weighted by atomic mass is 10.0. The predicted molar refractivity (Wildman–Crippen MR) is 149 cm³/mol. The normalized spacial score (nSPS) is 12.3. The third kappa shape index (κ3) is 5.78. The predicted octanol–water partition coefficient (Wildman–Crippen LogP) is 6.05. The third-order valence-electron chi connectivity index (χ3n) is 6.07. The molecule has 0 unspecified atom stereocenters. The van der Waals surface area contributed by atoms with E-state index in [9.17, 15) is 18.0 Å². The molecule has 0 spiro atoms. The lowest BCUT2D eigenvalue weighted by Gasteiger charge is -2.19. The van der Waals surface area contributed by atoms with Crippen LogP contribution in [0.5, 0.6) is 5.75 Å². The van der Waals surface area contributed by atoms with Crippen LogP contribution in [-0.2, 0) is 14.8 Å². The highest BCUT2D eigenvalue weighted by molar-refractivity contribution is 7.89. The molecule has 0 aliphatic carbocycles. The van der Waals surface area contributed by atoms with Gasteiger partial charge in [0.05, 0.1) is 9.92 Å². The number of fused-ring (bicyclic) bond motifs is 1. The first-order valence-electron chi connectivity index (χ1n) is 11.9. The van der Waals surface area contributed by atoms with Crippen LogP contribution in [0.25, 0.3) is 22.1 Å². The van der Waals surface area contributed by atoms with Crippen molar-refractivity contribution in [3.05, 3.63) is 130 Å². The molecule has 7 nitrogen and oxygen atoms in total. The van der Waals surface area contributed by atoms with Gasteiger partial charge in [0, 0.05) is 17.5 Å². The molecular weight excluding hydrogens is 538 g/mol. The second-order valence-electron chi connectivity index (χ2n) is 8.82. The van der Waals surface area contributed by atoms with E-state index in [1.54, 1.807) is 48.5 Å². The fourth-order valence-corrected chi connectivity index (χ4v) is 5.48. The Kier molecular flexibility index (Phi) is 7.34. The summed E-state index contributed by atoms with van der Waals surface area (Å²) in [6, 6.07) is 26.7.